The molecule has 0 aliphatic heterocycles. The fourth-order valence-electron chi connectivity index (χ4n) is 1.59. The second-order valence-corrected chi connectivity index (χ2v) is 5.62. The van der Waals surface area contributed by atoms with Crippen LogP contribution in [0.1, 0.15) is 19.4 Å². The van der Waals surface area contributed by atoms with E-state index in [1.165, 1.54) is 4.31 Å². The molecular weight excluding hydrogens is 240 g/mol. The highest BCUT2D eigenvalue weighted by Gasteiger charge is 2.18. The maximum Gasteiger partial charge on any atom is 0.218 e. The van der Waals surface area contributed by atoms with E-state index in [0.29, 0.717) is 24.3 Å². The Morgan fingerprint density at radius 3 is 2.12 bits per heavy atom. The lowest BCUT2D eigenvalue weighted by molar-refractivity contribution is 0.389. The van der Waals surface area contributed by atoms with Crippen molar-refractivity contribution in [2.75, 3.05) is 18.6 Å². The number of hydrogen-bond donors (Lipinski definition) is 2. The second kappa shape index (κ2) is 6.00. The first-order valence-electron chi connectivity index (χ1n) is 5.50. The van der Waals surface area contributed by atoms with Gasteiger partial charge in [0.1, 0.15) is 0 Å². The Kier molecular flexibility index (Phi) is 4.92. The highest BCUT2D eigenvalue weighted by atomic mass is 32.2. The van der Waals surface area contributed by atoms with Crippen molar-refractivity contribution in [1.82, 2.24) is 4.31 Å². The second-order valence-electron chi connectivity index (χ2n) is 3.65. The Bertz CT molecular complexity index is 438. The van der Waals surface area contributed by atoms with E-state index in [-0.39, 0.29) is 5.75 Å². The van der Waals surface area contributed by atoms with Crippen molar-refractivity contribution in [3.8, 4) is 0 Å². The Morgan fingerprint density at radius 2 is 1.71 bits per heavy atom. The smallest absolute Gasteiger partial charge is 0.218 e. The van der Waals surface area contributed by atoms with Gasteiger partial charge in [0.15, 0.2) is 0 Å². The van der Waals surface area contributed by atoms with E-state index in [4.69, 9.17) is 5.21 Å². The van der Waals surface area contributed by atoms with Crippen molar-refractivity contribution < 1.29 is 13.6 Å². The number of rotatable bonds is 6. The van der Waals surface area contributed by atoms with Crippen molar-refractivity contribution in [1.29, 1.82) is 0 Å². The summed E-state index contributed by atoms with van der Waals surface area (Å²) in [6.07, 6.45) is 0. The van der Waals surface area contributed by atoms with Crippen LogP contribution in [0.2, 0.25) is 0 Å². The molecule has 0 aliphatic carbocycles. The molecular formula is C11H18N2O3S. The highest BCUT2D eigenvalue weighted by Crippen LogP contribution is 2.13. The SMILES string of the molecule is CCN(CC)S(=O)(=O)Cc1ccc(NO)cc1. The average molecular weight is 258 g/mol. The van der Waals surface area contributed by atoms with Crippen LogP contribution in [0, 0.1) is 0 Å². The maximum absolute atomic E-state index is 12.0. The fraction of sp³-hybridized carbons (Fsp3) is 0.455. The molecule has 0 saturated heterocycles. The van der Waals surface area contributed by atoms with Gasteiger partial charge in [0.25, 0.3) is 0 Å². The maximum atomic E-state index is 12.0. The van der Waals surface area contributed by atoms with E-state index in [9.17, 15) is 8.42 Å². The zero-order valence-corrected chi connectivity index (χ0v) is 10.9. The number of sulfonamides is 1. The molecule has 1 rings (SSSR count). The minimum absolute atomic E-state index is 0.0135. The Hall–Kier alpha value is -1.11. The van der Waals surface area contributed by atoms with Gasteiger partial charge in [0.05, 0.1) is 11.4 Å². The molecule has 96 valence electrons. The van der Waals surface area contributed by atoms with Gasteiger partial charge in [-0.3, -0.25) is 10.7 Å². The summed E-state index contributed by atoms with van der Waals surface area (Å²) in [6.45, 7) is 4.60. The van der Waals surface area contributed by atoms with E-state index in [1.54, 1.807) is 24.3 Å². The van der Waals surface area contributed by atoms with E-state index in [0.717, 1.165) is 0 Å². The first-order chi connectivity index (χ1) is 8.03. The largest absolute Gasteiger partial charge is 0.291 e. The zero-order chi connectivity index (χ0) is 12.9. The lowest BCUT2D eigenvalue weighted by atomic mass is 10.2. The minimum Gasteiger partial charge on any atom is -0.291 e. The number of nitrogens with zero attached hydrogens (tertiary/aromatic N) is 1. The monoisotopic (exact) mass is 258 g/mol. The van der Waals surface area contributed by atoms with Crippen LogP contribution in [0.15, 0.2) is 24.3 Å². The molecule has 0 fully saturated rings. The van der Waals surface area contributed by atoms with Crippen LogP contribution in [0.3, 0.4) is 0 Å². The van der Waals surface area contributed by atoms with Gasteiger partial charge in [-0.15, -0.1) is 0 Å². The third kappa shape index (κ3) is 3.69. The molecule has 0 heterocycles. The fourth-order valence-corrected chi connectivity index (χ4v) is 3.18. The minimum atomic E-state index is -3.24. The molecule has 6 heteroatoms. The molecule has 0 aliphatic rings. The van der Waals surface area contributed by atoms with Crippen LogP contribution in [0.4, 0.5) is 5.69 Å². The number of anilines is 1. The number of nitrogens with one attached hydrogen (secondary N) is 1. The predicted molar refractivity (Wildman–Crippen MR) is 67.4 cm³/mol. The molecule has 2 N–H and O–H groups in total. The molecule has 17 heavy (non-hydrogen) atoms. The van der Waals surface area contributed by atoms with Gasteiger partial charge in [-0.1, -0.05) is 26.0 Å². The Labute approximate surface area is 102 Å². The standard InChI is InChI=1S/C11H18N2O3S/c1-3-13(4-2)17(15,16)9-10-5-7-11(12-14)8-6-10/h5-8,12,14H,3-4,9H2,1-2H3. The summed E-state index contributed by atoms with van der Waals surface area (Å²) < 4.78 is 25.4. The quantitative estimate of drug-likeness (QED) is 0.761. The molecule has 5 nitrogen and oxygen atoms in total. The van der Waals surface area contributed by atoms with Crippen molar-refractivity contribution >= 4 is 15.7 Å². The highest BCUT2D eigenvalue weighted by molar-refractivity contribution is 7.88. The number of hydrogen-bond acceptors (Lipinski definition) is 4. The summed E-state index contributed by atoms with van der Waals surface area (Å²) in [5.41, 5.74) is 3.24. The normalized spacial score (nSPS) is 11.8. The van der Waals surface area contributed by atoms with Gasteiger partial charge in [-0.05, 0) is 17.7 Å². The van der Waals surface area contributed by atoms with Crippen LogP contribution >= 0.6 is 0 Å². The van der Waals surface area contributed by atoms with E-state index >= 15 is 0 Å². The molecule has 1 aromatic carbocycles. The van der Waals surface area contributed by atoms with Gasteiger partial charge in [-0.25, -0.2) is 12.7 Å². The van der Waals surface area contributed by atoms with E-state index in [2.05, 4.69) is 0 Å². The summed E-state index contributed by atoms with van der Waals surface area (Å²) >= 11 is 0. The van der Waals surface area contributed by atoms with Gasteiger partial charge in [0.2, 0.25) is 10.0 Å². The van der Waals surface area contributed by atoms with E-state index < -0.39 is 10.0 Å². The molecule has 0 unspecified atom stereocenters. The molecule has 0 aromatic heterocycles. The summed E-state index contributed by atoms with van der Waals surface area (Å²) in [4.78, 5) is 0. The van der Waals surface area contributed by atoms with Gasteiger partial charge >= 0.3 is 0 Å². The molecule has 0 bridgehead atoms. The zero-order valence-electron chi connectivity index (χ0n) is 10.0. The average Bonchev–Trinajstić information content (AvgIpc) is 2.30. The van der Waals surface area contributed by atoms with Crippen LogP contribution in [-0.4, -0.2) is 31.0 Å². The van der Waals surface area contributed by atoms with E-state index in [1.807, 2.05) is 19.3 Å². The third-order valence-electron chi connectivity index (χ3n) is 2.53. The predicted octanol–water partition coefficient (Wildman–Crippen LogP) is 1.66. The van der Waals surface area contributed by atoms with Gasteiger partial charge in [-0.2, -0.15) is 0 Å². The van der Waals surface area contributed by atoms with Gasteiger partial charge in [0, 0.05) is 13.1 Å². The summed E-state index contributed by atoms with van der Waals surface area (Å²) in [7, 11) is -3.24. The molecule has 0 saturated carbocycles. The van der Waals surface area contributed by atoms with Crippen molar-refractivity contribution in [2.24, 2.45) is 0 Å². The molecule has 1 aromatic rings. The number of benzene rings is 1. The molecule has 0 radical (unpaired) electrons. The topological polar surface area (TPSA) is 69.6 Å². The summed E-state index contributed by atoms with van der Waals surface area (Å²) in [5.74, 6) is -0.0135. The van der Waals surface area contributed by atoms with Crippen LogP contribution in [0.25, 0.3) is 0 Å². The Balaban J connectivity index is 2.82. The lowest BCUT2D eigenvalue weighted by Crippen LogP contribution is -2.31. The van der Waals surface area contributed by atoms with Crippen molar-refractivity contribution in [3.63, 3.8) is 0 Å². The van der Waals surface area contributed by atoms with Gasteiger partial charge < -0.3 is 0 Å². The first kappa shape index (κ1) is 14.0. The summed E-state index contributed by atoms with van der Waals surface area (Å²) in [6, 6.07) is 6.62. The van der Waals surface area contributed by atoms with Crippen molar-refractivity contribution in [2.45, 2.75) is 19.6 Å². The first-order valence-corrected chi connectivity index (χ1v) is 7.11. The van der Waals surface area contributed by atoms with Crippen LogP contribution in [0.5, 0.6) is 0 Å². The Morgan fingerprint density at radius 1 is 1.18 bits per heavy atom. The van der Waals surface area contributed by atoms with Crippen LogP contribution < -0.4 is 5.48 Å². The van der Waals surface area contributed by atoms with Crippen LogP contribution in [-0.2, 0) is 15.8 Å². The lowest BCUT2D eigenvalue weighted by Gasteiger charge is -2.18. The molecule has 0 spiro atoms. The molecule has 0 amide bonds. The summed E-state index contributed by atoms with van der Waals surface area (Å²) in [5, 5.41) is 8.65. The third-order valence-corrected chi connectivity index (χ3v) is 4.53. The molecule has 0 atom stereocenters. The van der Waals surface area contributed by atoms with Crippen molar-refractivity contribution in [3.05, 3.63) is 29.8 Å².